The molecule has 6 aromatic heterocycles. The van der Waals surface area contributed by atoms with Crippen LogP contribution < -0.4 is 0 Å². The molecule has 16 aromatic carbocycles. The Morgan fingerprint density at radius 3 is 0.856 bits per heavy atom. The monoisotopic (exact) mass is 1510 g/mol. The number of benzene rings is 16. The van der Waals surface area contributed by atoms with Crippen molar-refractivity contribution in [3.05, 3.63) is 392 Å². The van der Waals surface area contributed by atoms with Crippen LogP contribution in [-0.2, 0) is 10.8 Å². The smallest absolute Gasteiger partial charge is 0.164 e. The van der Waals surface area contributed by atoms with Gasteiger partial charge in [0.2, 0.25) is 0 Å². The van der Waals surface area contributed by atoms with Crippen LogP contribution in [0.5, 0.6) is 0 Å². The molecule has 0 radical (unpaired) electrons. The molecule has 6 heterocycles. The lowest BCUT2D eigenvalue weighted by Crippen LogP contribution is -2.15. The van der Waals surface area contributed by atoms with Crippen LogP contribution in [-0.4, -0.2) is 34.1 Å². The van der Waals surface area contributed by atoms with E-state index in [2.05, 4.69) is 298 Å². The van der Waals surface area contributed by atoms with Crippen LogP contribution in [0.1, 0.15) is 49.9 Å². The fourth-order valence-corrected chi connectivity index (χ4v) is 18.6. The van der Waals surface area contributed by atoms with E-state index in [1.807, 2.05) is 109 Å². The summed E-state index contributed by atoms with van der Waals surface area (Å²) in [7, 11) is 0. The predicted molar refractivity (Wildman–Crippen MR) is 484 cm³/mol. The van der Waals surface area contributed by atoms with E-state index in [1.54, 1.807) is 0 Å². The first-order valence-corrected chi connectivity index (χ1v) is 40.3. The van der Waals surface area contributed by atoms with Crippen LogP contribution in [0.2, 0.25) is 0 Å². The van der Waals surface area contributed by atoms with E-state index < -0.39 is 0 Å². The summed E-state index contributed by atoms with van der Waals surface area (Å²) in [5.74, 6) is 2.66. The number of fused-ring (bicyclic) bond motifs is 18. The molecule has 22 aromatic rings. The molecule has 2 aliphatic rings. The lowest BCUT2D eigenvalue weighted by atomic mass is 9.82. The van der Waals surface area contributed by atoms with Crippen molar-refractivity contribution in [1.82, 2.24) is 34.1 Å². The quantitative estimate of drug-likeness (QED) is 0.134. The van der Waals surface area contributed by atoms with Crippen LogP contribution in [0.3, 0.4) is 0 Å². The topological polar surface area (TPSA) is 101 Å². The average molecular weight is 1510 g/mol. The van der Waals surface area contributed by atoms with Gasteiger partial charge >= 0.3 is 0 Å². The van der Waals surface area contributed by atoms with Gasteiger partial charge in [0.1, 0.15) is 22.3 Å². The standard InChI is InChI=1S/C55H37N3O.C54H36N4O/c1-55(2)46-31-51-44(29-42(46)43-30-45-41-18-10-12-20-52(41)59-53(45)32-47(43)55)40-17-9-11-19-50(40)58(51)39-27-25-35(26-28-39)34-21-23-38(24-22-34)54-56-48(36-13-5-3-6-14-36)33-49(57-54)37-15-7-4-8-16-37;1-54(2)45-31-48-43(29-41(45)42-30-44-40-18-10-12-20-49(40)59-50(44)32-46(42)54)39-17-9-11-19-47(39)58(48)38-27-25-34(26-28-38)33-21-23-37(24-22-33)53-56-51(35-13-5-3-6-14-35)55-52(57-53)36-15-7-4-8-16-36/h3-33H,1-2H3;3-32H,1-2H3. The van der Waals surface area contributed by atoms with E-state index in [9.17, 15) is 0 Å². The summed E-state index contributed by atoms with van der Waals surface area (Å²) in [6, 6.07) is 131. The first-order chi connectivity index (χ1) is 57.9. The predicted octanol–water partition coefficient (Wildman–Crippen LogP) is 28.3. The molecule has 0 N–H and O–H groups in total. The first kappa shape index (κ1) is 68.4. The van der Waals surface area contributed by atoms with Gasteiger partial charge in [-0.15, -0.1) is 0 Å². The highest BCUT2D eigenvalue weighted by atomic mass is 16.3. The van der Waals surface area contributed by atoms with Crippen molar-refractivity contribution >= 4 is 87.5 Å². The molecule has 0 amide bonds. The van der Waals surface area contributed by atoms with Crippen molar-refractivity contribution in [2.45, 2.75) is 38.5 Å². The minimum Gasteiger partial charge on any atom is -0.456 e. The summed E-state index contributed by atoms with van der Waals surface area (Å²) in [5, 5.41) is 9.66. The maximum absolute atomic E-state index is 6.36. The second-order valence-corrected chi connectivity index (χ2v) is 32.3. The second-order valence-electron chi connectivity index (χ2n) is 32.3. The molecule has 9 heteroatoms. The molecule has 0 atom stereocenters. The molecule has 0 fully saturated rings. The minimum absolute atomic E-state index is 0.194. The zero-order chi connectivity index (χ0) is 78.5. The maximum atomic E-state index is 6.36. The van der Waals surface area contributed by atoms with E-state index >= 15 is 0 Å². The highest BCUT2D eigenvalue weighted by Crippen LogP contribution is 2.55. The fourth-order valence-electron chi connectivity index (χ4n) is 18.6. The van der Waals surface area contributed by atoms with Crippen LogP contribution in [0.4, 0.5) is 0 Å². The Morgan fingerprint density at radius 1 is 0.203 bits per heavy atom. The van der Waals surface area contributed by atoms with Crippen molar-refractivity contribution in [2.24, 2.45) is 0 Å². The Morgan fingerprint density at radius 2 is 0.483 bits per heavy atom. The zero-order valence-corrected chi connectivity index (χ0v) is 65.2. The van der Waals surface area contributed by atoms with Crippen molar-refractivity contribution < 1.29 is 8.83 Å². The molecule has 0 aliphatic heterocycles. The van der Waals surface area contributed by atoms with Crippen molar-refractivity contribution in [3.63, 3.8) is 0 Å². The lowest BCUT2D eigenvalue weighted by molar-refractivity contribution is 0.647. The van der Waals surface area contributed by atoms with Gasteiger partial charge in [-0.1, -0.05) is 295 Å². The maximum Gasteiger partial charge on any atom is 0.164 e. The summed E-state index contributed by atoms with van der Waals surface area (Å²) in [5.41, 5.74) is 33.2. The molecule has 0 unspecified atom stereocenters. The van der Waals surface area contributed by atoms with Gasteiger partial charge in [-0.2, -0.15) is 0 Å². The third-order valence-corrected chi connectivity index (χ3v) is 24.7. The minimum atomic E-state index is -0.198. The number of aromatic nitrogens is 7. The van der Waals surface area contributed by atoms with Gasteiger partial charge in [0, 0.05) is 98.7 Å². The van der Waals surface area contributed by atoms with E-state index in [0.29, 0.717) is 23.3 Å². The van der Waals surface area contributed by atoms with Gasteiger partial charge in [0.25, 0.3) is 0 Å². The molecule has 118 heavy (non-hydrogen) atoms. The number of hydrogen-bond acceptors (Lipinski definition) is 7. The Bertz CT molecular complexity index is 7210. The molecule has 2 aliphatic carbocycles. The first-order valence-electron chi connectivity index (χ1n) is 40.3. The Labute approximate surface area is 680 Å². The van der Waals surface area contributed by atoms with Gasteiger partial charge in [-0.3, -0.25) is 0 Å². The van der Waals surface area contributed by atoms with Crippen LogP contribution >= 0.6 is 0 Å². The molecular formula is C109H73N7O2. The number of furan rings is 2. The molecule has 0 saturated carbocycles. The normalized spacial score (nSPS) is 13.1. The zero-order valence-electron chi connectivity index (χ0n) is 65.2. The van der Waals surface area contributed by atoms with Gasteiger partial charge in [-0.05, 0) is 170 Å². The Balaban J connectivity index is 0.000000138. The fraction of sp³-hybridized carbons (Fsp3) is 0.0550. The summed E-state index contributed by atoms with van der Waals surface area (Å²) < 4.78 is 17.6. The molecular weight excluding hydrogens is 1440 g/mol. The molecule has 0 bridgehead atoms. The van der Waals surface area contributed by atoms with Gasteiger partial charge in [-0.25, -0.2) is 24.9 Å². The van der Waals surface area contributed by atoms with Gasteiger partial charge in [0.15, 0.2) is 23.3 Å². The second kappa shape index (κ2) is 26.7. The summed E-state index contributed by atoms with van der Waals surface area (Å²) in [4.78, 5) is 24.8. The summed E-state index contributed by atoms with van der Waals surface area (Å²) in [6.07, 6.45) is 0. The largest absolute Gasteiger partial charge is 0.456 e. The third-order valence-electron chi connectivity index (χ3n) is 24.7. The van der Waals surface area contributed by atoms with Gasteiger partial charge in [0.05, 0.1) is 33.5 Å². The number of para-hydroxylation sites is 4. The lowest BCUT2D eigenvalue weighted by Gasteiger charge is -2.21. The van der Waals surface area contributed by atoms with E-state index in [-0.39, 0.29) is 10.8 Å². The van der Waals surface area contributed by atoms with E-state index in [1.165, 1.54) is 98.9 Å². The SMILES string of the molecule is CC1(C)c2cc3oc4ccccc4c3cc2-c2cc3c4ccccc4n(-c4ccc(-c5ccc(-c6nc(-c7ccccc7)cc(-c7ccccc7)n6)cc5)cc4)c3cc21.CC1(C)c2cc3oc4ccccc4c3cc2-c2cc3c4ccccc4n(-c4ccc(-c5ccc(-c6nc(-c7ccccc7)nc(-c7ccccc7)n6)cc5)cc4)c3cc21. The summed E-state index contributed by atoms with van der Waals surface area (Å²) >= 11 is 0. The molecule has 0 spiro atoms. The number of hydrogen-bond donors (Lipinski definition) is 0. The van der Waals surface area contributed by atoms with Crippen LogP contribution in [0.25, 0.3) is 211 Å². The highest BCUT2D eigenvalue weighted by Gasteiger charge is 2.40. The van der Waals surface area contributed by atoms with E-state index in [4.69, 9.17) is 33.8 Å². The molecule has 9 nitrogen and oxygen atoms in total. The third kappa shape index (κ3) is 11.1. The van der Waals surface area contributed by atoms with Gasteiger partial charge < -0.3 is 18.0 Å². The molecule has 556 valence electrons. The van der Waals surface area contributed by atoms with Crippen LogP contribution in [0.15, 0.2) is 379 Å². The van der Waals surface area contributed by atoms with Crippen LogP contribution in [0, 0.1) is 0 Å². The Hall–Kier alpha value is -15.2. The summed E-state index contributed by atoms with van der Waals surface area (Å²) in [6.45, 7) is 9.38. The molecule has 24 rings (SSSR count). The van der Waals surface area contributed by atoms with Crippen molar-refractivity contribution in [3.8, 4) is 124 Å². The number of rotatable bonds is 10. The van der Waals surface area contributed by atoms with Crippen molar-refractivity contribution in [2.75, 3.05) is 0 Å². The van der Waals surface area contributed by atoms with Crippen molar-refractivity contribution in [1.29, 1.82) is 0 Å². The Kier molecular flexibility index (Phi) is 15.5. The number of nitrogens with zero attached hydrogens (tertiary/aromatic N) is 7. The highest BCUT2D eigenvalue weighted by molar-refractivity contribution is 6.15. The molecule has 0 saturated heterocycles. The average Bonchev–Trinajstić information content (AvgIpc) is 1.54. The van der Waals surface area contributed by atoms with E-state index in [0.717, 1.165) is 112 Å².